The topological polar surface area (TPSA) is 99.4 Å². The Morgan fingerprint density at radius 2 is 1.86 bits per heavy atom. The van der Waals surface area contributed by atoms with Crippen molar-refractivity contribution in [1.29, 1.82) is 0 Å². The minimum atomic E-state index is -0.587. The number of halogens is 1. The third-order valence-corrected chi connectivity index (χ3v) is 4.63. The minimum Gasteiger partial charge on any atom is -0.492 e. The number of hydrogen-bond acceptors (Lipinski definition) is 7. The summed E-state index contributed by atoms with van der Waals surface area (Å²) in [6.07, 6.45) is 1.20. The van der Waals surface area contributed by atoms with Crippen molar-refractivity contribution in [1.82, 2.24) is 9.97 Å². The molecule has 1 heterocycles. The fourth-order valence-corrected chi connectivity index (χ4v) is 2.86. The third kappa shape index (κ3) is 4.55. The van der Waals surface area contributed by atoms with Gasteiger partial charge in [0.2, 0.25) is 5.82 Å². The van der Waals surface area contributed by atoms with Crippen LogP contribution in [0.1, 0.15) is 18.1 Å². The Labute approximate surface area is 172 Å². The molecule has 0 saturated heterocycles. The number of nitrogens with one attached hydrogen (secondary N) is 1. The molecule has 29 heavy (non-hydrogen) atoms. The fraction of sp³-hybridized carbons (Fsp3) is 0.200. The summed E-state index contributed by atoms with van der Waals surface area (Å²) >= 11 is 6.18. The lowest BCUT2D eigenvalue weighted by Gasteiger charge is -2.13. The number of anilines is 2. The van der Waals surface area contributed by atoms with Crippen molar-refractivity contribution in [2.24, 2.45) is 0 Å². The van der Waals surface area contributed by atoms with Gasteiger partial charge in [-0.1, -0.05) is 23.7 Å². The van der Waals surface area contributed by atoms with E-state index in [-0.39, 0.29) is 17.4 Å². The lowest BCUT2D eigenvalue weighted by Crippen LogP contribution is -2.05. The molecular weight excluding hydrogens is 396 g/mol. The van der Waals surface area contributed by atoms with E-state index in [1.165, 1.54) is 6.33 Å². The summed E-state index contributed by atoms with van der Waals surface area (Å²) in [5.74, 6) is 0.762. The highest BCUT2D eigenvalue weighted by Gasteiger charge is 2.26. The van der Waals surface area contributed by atoms with E-state index in [1.807, 2.05) is 26.8 Å². The molecule has 150 valence electrons. The van der Waals surface area contributed by atoms with Crippen LogP contribution in [0.5, 0.6) is 17.4 Å². The van der Waals surface area contributed by atoms with Gasteiger partial charge in [0.15, 0.2) is 0 Å². The van der Waals surface area contributed by atoms with E-state index >= 15 is 0 Å². The van der Waals surface area contributed by atoms with Gasteiger partial charge in [-0.25, -0.2) is 4.98 Å². The molecule has 9 heteroatoms. The van der Waals surface area contributed by atoms with E-state index in [9.17, 15) is 10.1 Å². The maximum atomic E-state index is 11.8. The lowest BCUT2D eigenvalue weighted by molar-refractivity contribution is -0.385. The minimum absolute atomic E-state index is 0.00504. The van der Waals surface area contributed by atoms with Crippen LogP contribution in [0.3, 0.4) is 0 Å². The normalized spacial score (nSPS) is 10.5. The third-order valence-electron chi connectivity index (χ3n) is 4.04. The van der Waals surface area contributed by atoms with Crippen LogP contribution in [-0.2, 0) is 0 Å². The second-order valence-electron chi connectivity index (χ2n) is 6.16. The van der Waals surface area contributed by atoms with Crippen molar-refractivity contribution < 1.29 is 14.4 Å². The van der Waals surface area contributed by atoms with Crippen LogP contribution in [0.25, 0.3) is 0 Å². The smallest absolute Gasteiger partial charge is 0.373 e. The maximum Gasteiger partial charge on any atom is 0.373 e. The SMILES string of the molecule is CCOc1ccccc1Nc1ncnc(Oc2cc(C)c(Cl)c(C)c2)c1[N+](=O)[O-]. The van der Waals surface area contributed by atoms with Crippen molar-refractivity contribution >= 4 is 28.8 Å². The highest BCUT2D eigenvalue weighted by atomic mass is 35.5. The fourth-order valence-electron chi connectivity index (χ4n) is 2.75. The second kappa shape index (κ2) is 8.74. The quantitative estimate of drug-likeness (QED) is 0.397. The van der Waals surface area contributed by atoms with Crippen LogP contribution in [0, 0.1) is 24.0 Å². The molecule has 0 amide bonds. The number of aryl methyl sites for hydroxylation is 2. The zero-order chi connectivity index (χ0) is 21.0. The van der Waals surface area contributed by atoms with Crippen molar-refractivity contribution in [3.8, 4) is 17.4 Å². The van der Waals surface area contributed by atoms with E-state index < -0.39 is 4.92 Å². The number of nitro groups is 1. The highest BCUT2D eigenvalue weighted by Crippen LogP contribution is 2.38. The van der Waals surface area contributed by atoms with Crippen LogP contribution in [0.2, 0.25) is 5.02 Å². The number of benzene rings is 2. The Morgan fingerprint density at radius 3 is 2.52 bits per heavy atom. The molecule has 0 aliphatic carbocycles. The highest BCUT2D eigenvalue weighted by molar-refractivity contribution is 6.32. The Hall–Kier alpha value is -3.39. The number of nitrogens with zero attached hydrogens (tertiary/aromatic N) is 3. The largest absolute Gasteiger partial charge is 0.492 e. The monoisotopic (exact) mass is 414 g/mol. The van der Waals surface area contributed by atoms with E-state index in [2.05, 4.69) is 15.3 Å². The van der Waals surface area contributed by atoms with E-state index in [4.69, 9.17) is 21.1 Å². The van der Waals surface area contributed by atoms with E-state index in [1.54, 1.807) is 30.3 Å². The predicted molar refractivity (Wildman–Crippen MR) is 111 cm³/mol. The van der Waals surface area contributed by atoms with Crippen molar-refractivity contribution in [3.05, 3.63) is 69.0 Å². The zero-order valence-corrected chi connectivity index (χ0v) is 16.9. The molecule has 0 atom stereocenters. The summed E-state index contributed by atoms with van der Waals surface area (Å²) < 4.78 is 11.3. The molecule has 0 fully saturated rings. The van der Waals surface area contributed by atoms with Crippen LogP contribution in [-0.4, -0.2) is 21.5 Å². The predicted octanol–water partition coefficient (Wildman–Crippen LogP) is 5.59. The first-order valence-corrected chi connectivity index (χ1v) is 9.21. The number of para-hydroxylation sites is 2. The zero-order valence-electron chi connectivity index (χ0n) is 16.1. The van der Waals surface area contributed by atoms with Gasteiger partial charge < -0.3 is 14.8 Å². The van der Waals surface area contributed by atoms with Crippen LogP contribution < -0.4 is 14.8 Å². The van der Waals surface area contributed by atoms with Gasteiger partial charge >= 0.3 is 11.6 Å². The Morgan fingerprint density at radius 1 is 1.17 bits per heavy atom. The maximum absolute atomic E-state index is 11.8. The van der Waals surface area contributed by atoms with Crippen LogP contribution in [0.15, 0.2) is 42.7 Å². The summed E-state index contributed by atoms with van der Waals surface area (Å²) in [4.78, 5) is 19.2. The Bertz CT molecular complexity index is 1040. The first-order chi connectivity index (χ1) is 13.9. The number of hydrogen-bond donors (Lipinski definition) is 1. The van der Waals surface area contributed by atoms with Gasteiger partial charge in [-0.3, -0.25) is 10.1 Å². The molecule has 0 aliphatic rings. The van der Waals surface area contributed by atoms with Crippen molar-refractivity contribution in [2.75, 3.05) is 11.9 Å². The molecule has 1 N–H and O–H groups in total. The molecule has 0 radical (unpaired) electrons. The van der Waals surface area contributed by atoms with Crippen molar-refractivity contribution in [3.63, 3.8) is 0 Å². The summed E-state index contributed by atoms with van der Waals surface area (Å²) in [5.41, 5.74) is 1.74. The molecule has 3 aromatic rings. The summed E-state index contributed by atoms with van der Waals surface area (Å²) in [6, 6.07) is 10.5. The molecule has 1 aromatic heterocycles. The van der Waals surface area contributed by atoms with Gasteiger partial charge in [-0.15, -0.1) is 0 Å². The molecule has 0 bridgehead atoms. The molecule has 2 aromatic carbocycles. The lowest BCUT2D eigenvalue weighted by atomic mass is 10.1. The first-order valence-electron chi connectivity index (χ1n) is 8.83. The molecular formula is C20H19ClN4O4. The van der Waals surface area contributed by atoms with Gasteiger partial charge in [-0.05, 0) is 56.2 Å². The van der Waals surface area contributed by atoms with Gasteiger partial charge in [0, 0.05) is 5.02 Å². The van der Waals surface area contributed by atoms with E-state index in [0.717, 1.165) is 11.1 Å². The molecule has 0 saturated carbocycles. The standard InChI is InChI=1S/C20H19ClN4O4/c1-4-28-16-8-6-5-7-15(16)24-19-18(25(26)27)20(23-11-22-19)29-14-9-12(2)17(21)13(3)10-14/h5-11H,4H2,1-3H3,(H,22,23,24). The average molecular weight is 415 g/mol. The summed E-state index contributed by atoms with van der Waals surface area (Å²) in [6.45, 7) is 5.96. The van der Waals surface area contributed by atoms with Gasteiger partial charge in [0.1, 0.15) is 17.8 Å². The Kier molecular flexibility index (Phi) is 6.13. The first kappa shape index (κ1) is 20.3. The van der Waals surface area contributed by atoms with Crippen LogP contribution in [0.4, 0.5) is 17.2 Å². The second-order valence-corrected chi connectivity index (χ2v) is 6.54. The Balaban J connectivity index is 2.00. The van der Waals surface area contributed by atoms with Gasteiger partial charge in [0.25, 0.3) is 0 Å². The van der Waals surface area contributed by atoms with Gasteiger partial charge in [-0.2, -0.15) is 4.98 Å². The van der Waals surface area contributed by atoms with Crippen molar-refractivity contribution in [2.45, 2.75) is 20.8 Å². The van der Waals surface area contributed by atoms with Gasteiger partial charge in [0.05, 0.1) is 17.2 Å². The molecule has 3 rings (SSSR count). The summed E-state index contributed by atoms with van der Waals surface area (Å²) in [5, 5.41) is 15.3. The summed E-state index contributed by atoms with van der Waals surface area (Å²) in [7, 11) is 0. The van der Waals surface area contributed by atoms with Crippen LogP contribution >= 0.6 is 11.6 Å². The molecule has 0 unspecified atom stereocenters. The molecule has 0 spiro atoms. The average Bonchev–Trinajstić information content (AvgIpc) is 2.67. The number of ether oxygens (including phenoxy) is 2. The number of aromatic nitrogens is 2. The van der Waals surface area contributed by atoms with E-state index in [0.29, 0.717) is 28.8 Å². The molecule has 0 aliphatic heterocycles. The number of rotatable bonds is 7. The molecule has 8 nitrogen and oxygen atoms in total.